The van der Waals surface area contributed by atoms with Crippen molar-refractivity contribution in [3.05, 3.63) is 110 Å². The van der Waals surface area contributed by atoms with Crippen molar-refractivity contribution in [2.45, 2.75) is 19.2 Å². The van der Waals surface area contributed by atoms with E-state index in [2.05, 4.69) is 0 Å². The maximum Gasteiger partial charge on any atom is 0.271 e. The Morgan fingerprint density at radius 3 is 2.24 bits per heavy atom. The van der Waals surface area contributed by atoms with Gasteiger partial charge in [-0.15, -0.1) is 0 Å². The van der Waals surface area contributed by atoms with Crippen molar-refractivity contribution in [3.63, 3.8) is 0 Å². The molecule has 0 saturated carbocycles. The molecule has 33 heavy (non-hydrogen) atoms. The zero-order chi connectivity index (χ0) is 23.9. The second kappa shape index (κ2) is 8.25. The van der Waals surface area contributed by atoms with E-state index in [0.29, 0.717) is 11.3 Å². The van der Waals surface area contributed by atoms with Gasteiger partial charge in [0.2, 0.25) is 9.84 Å². The van der Waals surface area contributed by atoms with Crippen molar-refractivity contribution in [1.82, 2.24) is 0 Å². The number of hydrogen-bond donors (Lipinski definition) is 0. The lowest BCUT2D eigenvalue weighted by atomic mass is 10.1. The van der Waals surface area contributed by atoms with E-state index >= 15 is 0 Å². The van der Waals surface area contributed by atoms with E-state index in [1.54, 1.807) is 12.1 Å². The summed E-state index contributed by atoms with van der Waals surface area (Å²) in [7, 11) is -4.28. The quantitative estimate of drug-likeness (QED) is 0.311. The van der Waals surface area contributed by atoms with Crippen LogP contribution < -0.4 is 4.90 Å². The van der Waals surface area contributed by atoms with Crippen LogP contribution in [0.2, 0.25) is 0 Å². The van der Waals surface area contributed by atoms with Crippen molar-refractivity contribution < 1.29 is 22.5 Å². The highest BCUT2D eigenvalue weighted by molar-refractivity contribution is 7.97. The number of rotatable bonds is 4. The van der Waals surface area contributed by atoms with Crippen molar-refractivity contribution >= 4 is 33.2 Å². The second-order valence-corrected chi connectivity index (χ2v) is 9.81. The van der Waals surface area contributed by atoms with Crippen LogP contribution in [-0.2, 0) is 14.6 Å². The first-order valence-electron chi connectivity index (χ1n) is 9.95. The molecule has 1 amide bonds. The van der Waals surface area contributed by atoms with Crippen LogP contribution in [0, 0.1) is 29.8 Å². The van der Waals surface area contributed by atoms with Gasteiger partial charge in [0.25, 0.3) is 11.6 Å². The lowest BCUT2D eigenvalue weighted by Gasteiger charge is -2.24. The average molecular weight is 466 g/mol. The van der Waals surface area contributed by atoms with Crippen LogP contribution in [0.15, 0.2) is 71.6 Å². The van der Waals surface area contributed by atoms with Gasteiger partial charge in [-0.1, -0.05) is 30.3 Å². The van der Waals surface area contributed by atoms with E-state index in [-0.39, 0.29) is 11.3 Å². The molecule has 0 N–H and O–H groups in total. The first kappa shape index (κ1) is 22.3. The maximum absolute atomic E-state index is 13.6. The smallest absolute Gasteiger partial charge is 0.271 e. The summed E-state index contributed by atoms with van der Waals surface area (Å²) in [6, 6.07) is 15.6. The highest BCUT2D eigenvalue weighted by Crippen LogP contribution is 2.44. The van der Waals surface area contributed by atoms with Gasteiger partial charge in [0.15, 0.2) is 5.37 Å². The number of nitrogens with zero attached hydrogens (tertiary/aromatic N) is 2. The number of aryl methyl sites for hydroxylation is 2. The molecule has 1 saturated heterocycles. The fraction of sp³-hybridized carbons (Fsp3) is 0.125. The average Bonchev–Trinajstić information content (AvgIpc) is 2.94. The summed E-state index contributed by atoms with van der Waals surface area (Å²) in [5.74, 6) is -1.26. The minimum absolute atomic E-state index is 0.0965. The van der Waals surface area contributed by atoms with Gasteiger partial charge in [-0.25, -0.2) is 12.8 Å². The van der Waals surface area contributed by atoms with Crippen LogP contribution in [0.4, 0.5) is 15.8 Å². The van der Waals surface area contributed by atoms with Crippen LogP contribution in [0.25, 0.3) is 6.08 Å². The number of non-ortho nitro benzene ring substituents is 1. The Hall–Kier alpha value is -3.85. The third-order valence-corrected chi connectivity index (χ3v) is 7.26. The van der Waals surface area contributed by atoms with Crippen molar-refractivity contribution in [2.24, 2.45) is 0 Å². The number of benzene rings is 3. The number of carbonyl (C=O) groups is 1. The molecule has 0 bridgehead atoms. The van der Waals surface area contributed by atoms with Crippen molar-refractivity contribution in [3.8, 4) is 0 Å². The Bertz CT molecular complexity index is 1390. The first-order valence-corrected chi connectivity index (χ1v) is 11.5. The minimum Gasteiger partial charge on any atom is -0.286 e. The molecule has 0 unspecified atom stereocenters. The molecule has 4 rings (SSSR count). The molecule has 1 heterocycles. The molecule has 0 aromatic heterocycles. The van der Waals surface area contributed by atoms with Crippen LogP contribution in [0.5, 0.6) is 0 Å². The van der Waals surface area contributed by atoms with Crippen molar-refractivity contribution in [2.75, 3.05) is 4.90 Å². The third kappa shape index (κ3) is 4.14. The molecule has 1 aliphatic heterocycles. The van der Waals surface area contributed by atoms with Gasteiger partial charge < -0.3 is 0 Å². The first-order chi connectivity index (χ1) is 15.6. The summed E-state index contributed by atoms with van der Waals surface area (Å²) in [6.45, 7) is 3.65. The number of nitro benzene ring substituents is 1. The molecule has 0 aliphatic carbocycles. The summed E-state index contributed by atoms with van der Waals surface area (Å²) >= 11 is 0. The minimum atomic E-state index is -4.28. The number of hydrogen-bond acceptors (Lipinski definition) is 5. The SMILES string of the molecule is Cc1cc(C)cc(N2C(=O)/C(=C/c3ccc(F)cc3)S(=O)(=O)[C@@H]2c2cccc([N+](=O)[O-])c2)c1. The molecule has 7 nitrogen and oxygen atoms in total. The van der Waals surface area contributed by atoms with Gasteiger partial charge in [0.05, 0.1) is 4.92 Å². The number of sulfone groups is 1. The molecule has 3 aromatic rings. The topological polar surface area (TPSA) is 97.6 Å². The van der Waals surface area contributed by atoms with E-state index < -0.39 is 36.8 Å². The zero-order valence-corrected chi connectivity index (χ0v) is 18.5. The molecular formula is C24H19FN2O5S. The number of carbonyl (C=O) groups excluding carboxylic acids is 1. The van der Waals surface area contributed by atoms with E-state index in [1.807, 2.05) is 19.9 Å². The van der Waals surface area contributed by atoms with E-state index in [4.69, 9.17) is 0 Å². The number of anilines is 1. The monoisotopic (exact) mass is 466 g/mol. The summed E-state index contributed by atoms with van der Waals surface area (Å²) in [5, 5.41) is 9.81. The van der Waals surface area contributed by atoms with Gasteiger partial charge >= 0.3 is 0 Å². The fourth-order valence-electron chi connectivity index (χ4n) is 3.92. The highest BCUT2D eigenvalue weighted by Gasteiger charge is 2.50. The van der Waals surface area contributed by atoms with Gasteiger partial charge in [-0.3, -0.25) is 19.8 Å². The van der Waals surface area contributed by atoms with E-state index in [1.165, 1.54) is 36.4 Å². The van der Waals surface area contributed by atoms with Crippen LogP contribution >= 0.6 is 0 Å². The predicted octanol–water partition coefficient (Wildman–Crippen LogP) is 4.85. The lowest BCUT2D eigenvalue weighted by Crippen LogP contribution is -2.29. The predicted molar refractivity (Wildman–Crippen MR) is 123 cm³/mol. The Morgan fingerprint density at radius 1 is 1.00 bits per heavy atom. The number of halogens is 1. The molecule has 3 aromatic carbocycles. The standard InChI is InChI=1S/C24H19FN2O5S/c1-15-10-16(2)12-21(11-15)26-23(28)22(13-17-6-8-19(25)9-7-17)33(31,32)24(26)18-4-3-5-20(14-18)27(29)30/h3-14,24H,1-2H3/b22-13-/t24-/m1/s1. The molecule has 0 spiro atoms. The Balaban J connectivity index is 1.95. The van der Waals surface area contributed by atoms with E-state index in [0.717, 1.165) is 34.2 Å². The van der Waals surface area contributed by atoms with Gasteiger partial charge in [-0.05, 0) is 66.4 Å². The zero-order valence-electron chi connectivity index (χ0n) is 17.7. The fourth-order valence-corrected chi connectivity index (χ4v) is 5.81. The summed E-state index contributed by atoms with van der Waals surface area (Å²) in [4.78, 5) is 24.8. The number of nitro groups is 1. The Labute approximate surface area is 189 Å². The van der Waals surface area contributed by atoms with Crippen LogP contribution in [0.3, 0.4) is 0 Å². The summed E-state index contributed by atoms with van der Waals surface area (Å²) in [5.41, 5.74) is 2.15. The summed E-state index contributed by atoms with van der Waals surface area (Å²) < 4.78 is 40.6. The Morgan fingerprint density at radius 2 is 1.64 bits per heavy atom. The van der Waals surface area contributed by atoms with E-state index in [9.17, 15) is 27.7 Å². The largest absolute Gasteiger partial charge is 0.286 e. The van der Waals surface area contributed by atoms with Crippen molar-refractivity contribution in [1.29, 1.82) is 0 Å². The van der Waals surface area contributed by atoms with Gasteiger partial charge in [-0.2, -0.15) is 0 Å². The van der Waals surface area contributed by atoms with Gasteiger partial charge in [0.1, 0.15) is 10.7 Å². The molecule has 0 radical (unpaired) electrons. The van der Waals surface area contributed by atoms with Crippen LogP contribution in [0.1, 0.15) is 27.6 Å². The third-order valence-electron chi connectivity index (χ3n) is 5.28. The molecular weight excluding hydrogens is 447 g/mol. The normalized spacial score (nSPS) is 18.6. The van der Waals surface area contributed by atoms with Crippen LogP contribution in [-0.4, -0.2) is 19.2 Å². The second-order valence-electron chi connectivity index (χ2n) is 7.83. The lowest BCUT2D eigenvalue weighted by molar-refractivity contribution is -0.384. The molecule has 1 aliphatic rings. The molecule has 1 atom stereocenters. The molecule has 9 heteroatoms. The maximum atomic E-state index is 13.6. The summed E-state index contributed by atoms with van der Waals surface area (Å²) in [6.07, 6.45) is 1.20. The highest BCUT2D eigenvalue weighted by atomic mass is 32.2. The molecule has 168 valence electrons. The Kier molecular flexibility index (Phi) is 5.59. The molecule has 1 fully saturated rings. The van der Waals surface area contributed by atoms with Gasteiger partial charge in [0, 0.05) is 17.8 Å². The number of amides is 1.